The Morgan fingerprint density at radius 2 is 1.56 bits per heavy atom. The molecule has 1 amide bonds. The summed E-state index contributed by atoms with van der Waals surface area (Å²) in [6.07, 6.45) is 0. The van der Waals surface area contributed by atoms with E-state index in [-0.39, 0.29) is 11.7 Å². The summed E-state index contributed by atoms with van der Waals surface area (Å²) in [5.74, 6) is 0.906. The summed E-state index contributed by atoms with van der Waals surface area (Å²) in [6, 6.07) is 21.6. The maximum atomic E-state index is 13.2. The summed E-state index contributed by atoms with van der Waals surface area (Å²) in [6.45, 7) is 1.51. The number of aromatic nitrogens is 1. The number of anilines is 1. The van der Waals surface area contributed by atoms with E-state index in [1.807, 2.05) is 36.4 Å². The number of carbonyl (C=O) groups excluding carboxylic acids is 2. The SMILES string of the molecule is COc1ccc(-c2cc(C(=O)Nc3ccc(C(C)=O)cc3)c3ccccc3n2)cc1OC. The fourth-order valence-electron chi connectivity index (χ4n) is 3.49. The third-order valence-electron chi connectivity index (χ3n) is 5.19. The molecule has 0 aliphatic rings. The minimum Gasteiger partial charge on any atom is -0.493 e. The van der Waals surface area contributed by atoms with Gasteiger partial charge in [0.2, 0.25) is 0 Å². The van der Waals surface area contributed by atoms with Gasteiger partial charge in [-0.05, 0) is 61.5 Å². The Balaban J connectivity index is 1.75. The fourth-order valence-corrected chi connectivity index (χ4v) is 3.49. The Morgan fingerprint density at radius 1 is 0.844 bits per heavy atom. The third kappa shape index (κ3) is 4.16. The molecule has 0 radical (unpaired) electrons. The smallest absolute Gasteiger partial charge is 0.256 e. The van der Waals surface area contributed by atoms with Gasteiger partial charge in [0.15, 0.2) is 17.3 Å². The second kappa shape index (κ2) is 8.89. The van der Waals surface area contributed by atoms with Gasteiger partial charge in [-0.1, -0.05) is 18.2 Å². The topological polar surface area (TPSA) is 77.5 Å². The first-order valence-corrected chi connectivity index (χ1v) is 10.0. The van der Waals surface area contributed by atoms with E-state index in [4.69, 9.17) is 14.5 Å². The molecule has 3 aromatic carbocycles. The van der Waals surface area contributed by atoms with Crippen LogP contribution in [0.25, 0.3) is 22.2 Å². The highest BCUT2D eigenvalue weighted by atomic mass is 16.5. The molecule has 0 saturated carbocycles. The quantitative estimate of drug-likeness (QED) is 0.419. The lowest BCUT2D eigenvalue weighted by Gasteiger charge is -2.13. The van der Waals surface area contributed by atoms with Gasteiger partial charge in [0.05, 0.1) is 31.0 Å². The van der Waals surface area contributed by atoms with Crippen molar-refractivity contribution in [2.75, 3.05) is 19.5 Å². The lowest BCUT2D eigenvalue weighted by atomic mass is 10.0. The van der Waals surface area contributed by atoms with Crippen LogP contribution in [0.5, 0.6) is 11.5 Å². The Bertz CT molecular complexity index is 1310. The number of nitrogens with zero attached hydrogens (tertiary/aromatic N) is 1. The standard InChI is InChI=1S/C26H22N2O4/c1-16(29)17-8-11-19(12-9-17)27-26(30)21-15-23(28-22-7-5-4-6-20(21)22)18-10-13-24(31-2)25(14-18)32-3/h4-15H,1-3H3,(H,27,30). The van der Waals surface area contributed by atoms with Crippen LogP contribution in [-0.4, -0.2) is 30.9 Å². The zero-order valence-electron chi connectivity index (χ0n) is 18.0. The van der Waals surface area contributed by atoms with Gasteiger partial charge in [-0.15, -0.1) is 0 Å². The van der Waals surface area contributed by atoms with Gasteiger partial charge < -0.3 is 14.8 Å². The van der Waals surface area contributed by atoms with Crippen molar-refractivity contribution in [3.05, 3.63) is 83.9 Å². The molecule has 1 heterocycles. The molecule has 0 fully saturated rings. The van der Waals surface area contributed by atoms with Crippen molar-refractivity contribution in [2.45, 2.75) is 6.92 Å². The summed E-state index contributed by atoms with van der Waals surface area (Å²) >= 11 is 0. The highest BCUT2D eigenvalue weighted by Crippen LogP contribution is 2.33. The first kappa shape index (κ1) is 21.1. The number of nitrogens with one attached hydrogen (secondary N) is 1. The van der Waals surface area contributed by atoms with Crippen LogP contribution < -0.4 is 14.8 Å². The van der Waals surface area contributed by atoms with Gasteiger partial charge in [0.25, 0.3) is 5.91 Å². The molecular formula is C26H22N2O4. The number of ether oxygens (including phenoxy) is 2. The minimum atomic E-state index is -0.263. The predicted molar refractivity (Wildman–Crippen MR) is 125 cm³/mol. The Hall–Kier alpha value is -4.19. The van der Waals surface area contributed by atoms with E-state index in [1.165, 1.54) is 6.92 Å². The average Bonchev–Trinajstić information content (AvgIpc) is 2.83. The first-order valence-electron chi connectivity index (χ1n) is 10.0. The summed E-state index contributed by atoms with van der Waals surface area (Å²) in [5, 5.41) is 3.66. The van der Waals surface area contributed by atoms with E-state index >= 15 is 0 Å². The number of carbonyl (C=O) groups is 2. The third-order valence-corrected chi connectivity index (χ3v) is 5.19. The van der Waals surface area contributed by atoms with Crippen LogP contribution in [0.3, 0.4) is 0 Å². The van der Waals surface area contributed by atoms with Crippen molar-refractivity contribution in [3.8, 4) is 22.8 Å². The summed E-state index contributed by atoms with van der Waals surface area (Å²) in [7, 11) is 3.16. The maximum absolute atomic E-state index is 13.2. The molecule has 6 heteroatoms. The van der Waals surface area contributed by atoms with Crippen LogP contribution in [0.2, 0.25) is 0 Å². The van der Waals surface area contributed by atoms with Crippen molar-refractivity contribution in [1.29, 1.82) is 0 Å². The largest absolute Gasteiger partial charge is 0.493 e. The molecule has 32 heavy (non-hydrogen) atoms. The number of ketones is 1. The summed E-state index contributed by atoms with van der Waals surface area (Å²) < 4.78 is 10.7. The van der Waals surface area contributed by atoms with Gasteiger partial charge in [0, 0.05) is 22.2 Å². The van der Waals surface area contributed by atoms with E-state index in [2.05, 4.69) is 5.32 Å². The molecule has 0 aliphatic carbocycles. The van der Waals surface area contributed by atoms with Crippen molar-refractivity contribution >= 4 is 28.3 Å². The van der Waals surface area contributed by atoms with E-state index in [9.17, 15) is 9.59 Å². The Morgan fingerprint density at radius 3 is 2.25 bits per heavy atom. The molecular weight excluding hydrogens is 404 g/mol. The van der Waals surface area contributed by atoms with Crippen LogP contribution in [0, 0.1) is 0 Å². The second-order valence-corrected chi connectivity index (χ2v) is 7.23. The van der Waals surface area contributed by atoms with E-state index in [0.29, 0.717) is 39.5 Å². The van der Waals surface area contributed by atoms with Gasteiger partial charge in [-0.2, -0.15) is 0 Å². The number of fused-ring (bicyclic) bond motifs is 1. The lowest BCUT2D eigenvalue weighted by Crippen LogP contribution is -2.13. The molecule has 0 saturated heterocycles. The number of hydrogen-bond acceptors (Lipinski definition) is 5. The van der Waals surface area contributed by atoms with Crippen LogP contribution in [0.15, 0.2) is 72.8 Å². The number of pyridine rings is 1. The number of hydrogen-bond donors (Lipinski definition) is 1. The molecule has 160 valence electrons. The van der Waals surface area contributed by atoms with Gasteiger partial charge in [-0.25, -0.2) is 4.98 Å². The van der Waals surface area contributed by atoms with Crippen molar-refractivity contribution in [2.24, 2.45) is 0 Å². The van der Waals surface area contributed by atoms with Crippen molar-refractivity contribution in [1.82, 2.24) is 4.98 Å². The zero-order chi connectivity index (χ0) is 22.7. The van der Waals surface area contributed by atoms with Crippen LogP contribution >= 0.6 is 0 Å². The highest BCUT2D eigenvalue weighted by Gasteiger charge is 2.16. The van der Waals surface area contributed by atoms with Crippen molar-refractivity contribution < 1.29 is 19.1 Å². The number of para-hydroxylation sites is 1. The van der Waals surface area contributed by atoms with Crippen LogP contribution in [0.4, 0.5) is 5.69 Å². The molecule has 0 bridgehead atoms. The predicted octanol–water partition coefficient (Wildman–Crippen LogP) is 5.37. The maximum Gasteiger partial charge on any atom is 0.256 e. The number of benzene rings is 3. The average molecular weight is 426 g/mol. The minimum absolute atomic E-state index is 0.0254. The van der Waals surface area contributed by atoms with Crippen LogP contribution in [0.1, 0.15) is 27.6 Å². The zero-order valence-corrected chi connectivity index (χ0v) is 18.0. The first-order chi connectivity index (χ1) is 15.5. The van der Waals surface area contributed by atoms with E-state index < -0.39 is 0 Å². The molecule has 0 atom stereocenters. The number of rotatable bonds is 6. The molecule has 6 nitrogen and oxygen atoms in total. The lowest BCUT2D eigenvalue weighted by molar-refractivity contribution is 0.101. The van der Waals surface area contributed by atoms with Gasteiger partial charge in [0.1, 0.15) is 0 Å². The highest BCUT2D eigenvalue weighted by molar-refractivity contribution is 6.13. The molecule has 1 N–H and O–H groups in total. The van der Waals surface area contributed by atoms with Crippen molar-refractivity contribution in [3.63, 3.8) is 0 Å². The summed E-state index contributed by atoms with van der Waals surface area (Å²) in [4.78, 5) is 29.4. The number of methoxy groups -OCH3 is 2. The second-order valence-electron chi connectivity index (χ2n) is 7.23. The Labute approximate surface area is 185 Å². The molecule has 4 aromatic rings. The fraction of sp³-hybridized carbons (Fsp3) is 0.115. The van der Waals surface area contributed by atoms with E-state index in [0.717, 1.165) is 10.9 Å². The Kier molecular flexibility index (Phi) is 5.85. The number of amides is 1. The summed E-state index contributed by atoms with van der Waals surface area (Å²) in [5.41, 5.74) is 3.84. The normalized spacial score (nSPS) is 10.6. The molecule has 4 rings (SSSR count). The molecule has 0 spiro atoms. The monoisotopic (exact) mass is 426 g/mol. The molecule has 0 unspecified atom stereocenters. The molecule has 0 aliphatic heterocycles. The van der Waals surface area contributed by atoms with E-state index in [1.54, 1.807) is 50.6 Å². The number of Topliss-reactive ketones (excluding diaryl/α,β-unsaturated/α-hetero) is 1. The molecule has 1 aromatic heterocycles. The van der Waals surface area contributed by atoms with Crippen LogP contribution in [-0.2, 0) is 0 Å². The van der Waals surface area contributed by atoms with Gasteiger partial charge >= 0.3 is 0 Å². The van der Waals surface area contributed by atoms with Gasteiger partial charge in [-0.3, -0.25) is 9.59 Å².